The number of amides is 1. The molecule has 1 atom stereocenters. The first-order chi connectivity index (χ1) is 8.54. The SMILES string of the molecule is CSc1ccccc1NC(C)C(=O)NCC(C)C. The molecule has 3 nitrogen and oxygen atoms in total. The second kappa shape index (κ2) is 7.31. The second-order valence-electron chi connectivity index (χ2n) is 4.71. The molecular weight excluding hydrogens is 244 g/mol. The van der Waals surface area contributed by atoms with E-state index in [2.05, 4.69) is 24.5 Å². The number of para-hydroxylation sites is 1. The van der Waals surface area contributed by atoms with Crippen LogP contribution in [0.5, 0.6) is 0 Å². The number of benzene rings is 1. The first-order valence-corrected chi connectivity index (χ1v) is 7.44. The van der Waals surface area contributed by atoms with Crippen LogP contribution in [-0.4, -0.2) is 24.7 Å². The minimum Gasteiger partial charge on any atom is -0.373 e. The van der Waals surface area contributed by atoms with Gasteiger partial charge in [-0.15, -0.1) is 11.8 Å². The molecule has 0 aliphatic heterocycles. The fraction of sp³-hybridized carbons (Fsp3) is 0.500. The van der Waals surface area contributed by atoms with Crippen LogP contribution < -0.4 is 10.6 Å². The van der Waals surface area contributed by atoms with Crippen molar-refractivity contribution in [2.75, 3.05) is 18.1 Å². The zero-order valence-corrected chi connectivity index (χ0v) is 12.3. The third-order valence-electron chi connectivity index (χ3n) is 2.56. The summed E-state index contributed by atoms with van der Waals surface area (Å²) in [6.45, 7) is 6.77. The van der Waals surface area contributed by atoms with E-state index < -0.39 is 0 Å². The van der Waals surface area contributed by atoms with Crippen molar-refractivity contribution in [3.05, 3.63) is 24.3 Å². The van der Waals surface area contributed by atoms with Crippen molar-refractivity contribution in [2.45, 2.75) is 31.7 Å². The van der Waals surface area contributed by atoms with Gasteiger partial charge in [0.2, 0.25) is 5.91 Å². The predicted octanol–water partition coefficient (Wildman–Crippen LogP) is 2.98. The van der Waals surface area contributed by atoms with E-state index in [9.17, 15) is 4.79 Å². The van der Waals surface area contributed by atoms with Gasteiger partial charge in [-0.2, -0.15) is 0 Å². The minimum absolute atomic E-state index is 0.0413. The highest BCUT2D eigenvalue weighted by atomic mass is 32.2. The van der Waals surface area contributed by atoms with Crippen LogP contribution in [0.2, 0.25) is 0 Å². The maximum atomic E-state index is 11.9. The minimum atomic E-state index is -0.225. The van der Waals surface area contributed by atoms with E-state index in [1.54, 1.807) is 11.8 Å². The van der Waals surface area contributed by atoms with Gasteiger partial charge in [0.1, 0.15) is 6.04 Å². The molecule has 0 radical (unpaired) electrons. The fourth-order valence-corrected chi connectivity index (χ4v) is 2.08. The van der Waals surface area contributed by atoms with Crippen LogP contribution in [0.25, 0.3) is 0 Å². The lowest BCUT2D eigenvalue weighted by molar-refractivity contribution is -0.121. The molecule has 0 bridgehead atoms. The molecule has 0 heterocycles. The van der Waals surface area contributed by atoms with E-state index in [4.69, 9.17) is 0 Å². The molecule has 0 aliphatic carbocycles. The van der Waals surface area contributed by atoms with Crippen LogP contribution in [0, 0.1) is 5.92 Å². The third-order valence-corrected chi connectivity index (χ3v) is 3.35. The lowest BCUT2D eigenvalue weighted by Gasteiger charge is -2.17. The molecule has 4 heteroatoms. The number of carbonyl (C=O) groups is 1. The second-order valence-corrected chi connectivity index (χ2v) is 5.55. The van der Waals surface area contributed by atoms with E-state index in [-0.39, 0.29) is 11.9 Å². The molecule has 18 heavy (non-hydrogen) atoms. The number of carbonyl (C=O) groups excluding carboxylic acids is 1. The predicted molar refractivity (Wildman–Crippen MR) is 79.2 cm³/mol. The van der Waals surface area contributed by atoms with E-state index in [1.165, 1.54) is 0 Å². The largest absolute Gasteiger partial charge is 0.373 e. The van der Waals surface area contributed by atoms with Crippen molar-refractivity contribution in [3.63, 3.8) is 0 Å². The first-order valence-electron chi connectivity index (χ1n) is 6.22. The summed E-state index contributed by atoms with van der Waals surface area (Å²) in [7, 11) is 0. The van der Waals surface area contributed by atoms with Crippen molar-refractivity contribution in [1.29, 1.82) is 0 Å². The number of rotatable bonds is 6. The Morgan fingerprint density at radius 3 is 2.56 bits per heavy atom. The number of hydrogen-bond acceptors (Lipinski definition) is 3. The summed E-state index contributed by atoms with van der Waals surface area (Å²) < 4.78 is 0. The third kappa shape index (κ3) is 4.61. The van der Waals surface area contributed by atoms with Gasteiger partial charge < -0.3 is 10.6 Å². The van der Waals surface area contributed by atoms with E-state index in [0.717, 1.165) is 17.1 Å². The first kappa shape index (κ1) is 14.9. The Morgan fingerprint density at radius 2 is 1.94 bits per heavy atom. The summed E-state index contributed by atoms with van der Waals surface area (Å²) in [5, 5.41) is 6.18. The van der Waals surface area contributed by atoms with E-state index in [0.29, 0.717) is 5.92 Å². The van der Waals surface area contributed by atoms with Crippen molar-refractivity contribution in [3.8, 4) is 0 Å². The van der Waals surface area contributed by atoms with Crippen LogP contribution in [0.1, 0.15) is 20.8 Å². The van der Waals surface area contributed by atoms with Crippen LogP contribution in [0.15, 0.2) is 29.2 Å². The molecule has 1 rings (SSSR count). The Balaban J connectivity index is 2.58. The Hall–Kier alpha value is -1.16. The highest BCUT2D eigenvalue weighted by Gasteiger charge is 2.13. The quantitative estimate of drug-likeness (QED) is 0.778. The number of anilines is 1. The summed E-state index contributed by atoms with van der Waals surface area (Å²) in [6.07, 6.45) is 2.03. The van der Waals surface area contributed by atoms with Gasteiger partial charge in [-0.25, -0.2) is 0 Å². The van der Waals surface area contributed by atoms with E-state index >= 15 is 0 Å². The maximum absolute atomic E-state index is 11.9. The topological polar surface area (TPSA) is 41.1 Å². The average Bonchev–Trinajstić information content (AvgIpc) is 2.36. The Bertz CT molecular complexity index is 393. The molecule has 1 aromatic carbocycles. The Morgan fingerprint density at radius 1 is 1.28 bits per heavy atom. The summed E-state index contributed by atoms with van der Waals surface area (Å²) in [4.78, 5) is 13.0. The molecule has 0 aliphatic rings. The van der Waals surface area contributed by atoms with Crippen molar-refractivity contribution in [2.24, 2.45) is 5.92 Å². The van der Waals surface area contributed by atoms with Gasteiger partial charge in [0, 0.05) is 17.1 Å². The van der Waals surface area contributed by atoms with E-state index in [1.807, 2.05) is 37.4 Å². The van der Waals surface area contributed by atoms with Gasteiger partial charge in [-0.3, -0.25) is 4.79 Å². The van der Waals surface area contributed by atoms with Gasteiger partial charge in [-0.1, -0.05) is 26.0 Å². The van der Waals surface area contributed by atoms with Gasteiger partial charge in [0.15, 0.2) is 0 Å². The number of thioether (sulfide) groups is 1. The van der Waals surface area contributed by atoms with Crippen LogP contribution in [-0.2, 0) is 4.79 Å². The fourth-order valence-electron chi connectivity index (χ4n) is 1.52. The molecular formula is C14H22N2OS. The highest BCUT2D eigenvalue weighted by Crippen LogP contribution is 2.25. The molecule has 0 fully saturated rings. The van der Waals surface area contributed by atoms with Gasteiger partial charge in [0.25, 0.3) is 0 Å². The molecule has 2 N–H and O–H groups in total. The average molecular weight is 266 g/mol. The Kier molecular flexibility index (Phi) is 6.05. The van der Waals surface area contributed by atoms with Crippen LogP contribution in [0.4, 0.5) is 5.69 Å². The van der Waals surface area contributed by atoms with Gasteiger partial charge in [0.05, 0.1) is 0 Å². The zero-order chi connectivity index (χ0) is 13.5. The smallest absolute Gasteiger partial charge is 0.242 e. The van der Waals surface area contributed by atoms with Gasteiger partial charge in [-0.05, 0) is 31.2 Å². The maximum Gasteiger partial charge on any atom is 0.242 e. The summed E-state index contributed by atoms with van der Waals surface area (Å²) in [6, 6.07) is 7.79. The zero-order valence-electron chi connectivity index (χ0n) is 11.5. The van der Waals surface area contributed by atoms with Crippen molar-refractivity contribution in [1.82, 2.24) is 5.32 Å². The van der Waals surface area contributed by atoms with Crippen LogP contribution in [0.3, 0.4) is 0 Å². The molecule has 1 unspecified atom stereocenters. The molecule has 0 saturated heterocycles. The Labute approximate surface area is 114 Å². The monoisotopic (exact) mass is 266 g/mol. The normalized spacial score (nSPS) is 12.3. The van der Waals surface area contributed by atoms with Crippen molar-refractivity contribution >= 4 is 23.4 Å². The van der Waals surface area contributed by atoms with Gasteiger partial charge >= 0.3 is 0 Å². The van der Waals surface area contributed by atoms with Crippen LogP contribution >= 0.6 is 11.8 Å². The molecule has 1 amide bonds. The summed E-state index contributed by atoms with van der Waals surface area (Å²) in [5.41, 5.74) is 1.01. The highest BCUT2D eigenvalue weighted by molar-refractivity contribution is 7.98. The number of nitrogens with one attached hydrogen (secondary N) is 2. The summed E-state index contributed by atoms with van der Waals surface area (Å²) >= 11 is 1.67. The number of hydrogen-bond donors (Lipinski definition) is 2. The lowest BCUT2D eigenvalue weighted by Crippen LogP contribution is -2.39. The molecule has 0 saturated carbocycles. The molecule has 100 valence electrons. The molecule has 1 aromatic rings. The summed E-state index contributed by atoms with van der Waals surface area (Å²) in [5.74, 6) is 0.513. The standard InChI is InChI=1S/C14H22N2OS/c1-10(2)9-15-14(17)11(3)16-12-7-5-6-8-13(12)18-4/h5-8,10-11,16H,9H2,1-4H3,(H,15,17). The van der Waals surface area contributed by atoms with Crippen molar-refractivity contribution < 1.29 is 4.79 Å². The molecule has 0 spiro atoms. The lowest BCUT2D eigenvalue weighted by atomic mass is 10.2. The molecule has 0 aromatic heterocycles.